The quantitative estimate of drug-likeness (QED) is 0.417. The minimum absolute atomic E-state index is 0.0999. The molecule has 0 spiro atoms. The van der Waals surface area contributed by atoms with Crippen LogP contribution in [-0.4, -0.2) is 54.6 Å². The van der Waals surface area contributed by atoms with E-state index in [-0.39, 0.29) is 12.1 Å². The molecule has 2 atom stereocenters. The SMILES string of the molecule is CC.CC(C)(O)O.CNC(=O)C1CCC(n2cnc3c(NCc4cccc(C)c4)ncnc32)O1. The van der Waals surface area contributed by atoms with E-state index in [9.17, 15) is 4.79 Å². The molecule has 2 unspecified atom stereocenters. The fourth-order valence-electron chi connectivity index (χ4n) is 3.38. The first-order valence-electron chi connectivity index (χ1n) is 11.4. The van der Waals surface area contributed by atoms with Crippen molar-refractivity contribution in [2.45, 2.75) is 72.1 Å². The van der Waals surface area contributed by atoms with Gasteiger partial charge in [-0.1, -0.05) is 43.7 Å². The van der Waals surface area contributed by atoms with Crippen LogP contribution in [0.2, 0.25) is 0 Å². The first kappa shape index (κ1) is 27.2. The Morgan fingerprint density at radius 3 is 2.56 bits per heavy atom. The molecule has 3 heterocycles. The lowest BCUT2D eigenvalue weighted by atomic mass is 10.1. The van der Waals surface area contributed by atoms with E-state index < -0.39 is 11.9 Å². The standard InChI is InChI=1S/C19H22N6O2.C3H8O2.C2H6/c1-12-4-3-5-13(8-12)9-21-17-16-18(23-10-22-17)25(11-24-16)15-7-6-14(27-15)19(26)20-2;1-3(2,4)5;1-2/h3-5,8,10-11,14-15H,6-7,9H2,1-2H3,(H,20,26)(H,21,22,23);4-5H,1-2H3;1-2H3. The summed E-state index contributed by atoms with van der Waals surface area (Å²) < 4.78 is 7.75. The molecular weight excluding hydrogens is 436 g/mol. The summed E-state index contributed by atoms with van der Waals surface area (Å²) in [5.74, 6) is -0.918. The molecular formula is C24H36N6O4. The number of hydrogen-bond acceptors (Lipinski definition) is 8. The normalized spacial score (nSPS) is 17.3. The van der Waals surface area contributed by atoms with Crippen molar-refractivity contribution < 1.29 is 19.7 Å². The number of carbonyl (C=O) groups is 1. The lowest BCUT2D eigenvalue weighted by Crippen LogP contribution is -2.31. The van der Waals surface area contributed by atoms with Crippen LogP contribution in [0.5, 0.6) is 0 Å². The Bertz CT molecular complexity index is 1060. The Hall–Kier alpha value is -3.08. The first-order valence-corrected chi connectivity index (χ1v) is 11.4. The highest BCUT2D eigenvalue weighted by Crippen LogP contribution is 2.31. The molecule has 1 fully saturated rings. The minimum atomic E-state index is -1.50. The molecule has 1 aliphatic rings. The van der Waals surface area contributed by atoms with Crippen molar-refractivity contribution in [3.05, 3.63) is 48.0 Å². The number of aromatic nitrogens is 4. The second-order valence-corrected chi connectivity index (χ2v) is 8.15. The van der Waals surface area contributed by atoms with Crippen LogP contribution in [0, 0.1) is 6.92 Å². The van der Waals surface area contributed by atoms with Gasteiger partial charge in [-0.15, -0.1) is 0 Å². The van der Waals surface area contributed by atoms with Crippen LogP contribution in [0.3, 0.4) is 0 Å². The van der Waals surface area contributed by atoms with Crippen LogP contribution in [0.25, 0.3) is 11.2 Å². The molecule has 0 bridgehead atoms. The number of hydrogen-bond donors (Lipinski definition) is 4. The van der Waals surface area contributed by atoms with Gasteiger partial charge in [0.25, 0.3) is 0 Å². The molecule has 4 rings (SSSR count). The van der Waals surface area contributed by atoms with Gasteiger partial charge in [-0.3, -0.25) is 9.36 Å². The van der Waals surface area contributed by atoms with Crippen LogP contribution < -0.4 is 10.6 Å². The van der Waals surface area contributed by atoms with Gasteiger partial charge >= 0.3 is 0 Å². The maximum Gasteiger partial charge on any atom is 0.248 e. The number of fused-ring (bicyclic) bond motifs is 1. The molecule has 0 radical (unpaired) electrons. The monoisotopic (exact) mass is 472 g/mol. The number of aliphatic hydroxyl groups is 2. The van der Waals surface area contributed by atoms with Crippen molar-refractivity contribution in [1.82, 2.24) is 24.8 Å². The molecule has 3 aromatic rings. The number of anilines is 1. The third-order valence-electron chi connectivity index (χ3n) is 4.75. The van der Waals surface area contributed by atoms with E-state index >= 15 is 0 Å². The molecule has 186 valence electrons. The highest BCUT2D eigenvalue weighted by Gasteiger charge is 2.32. The zero-order chi connectivity index (χ0) is 25.3. The Balaban J connectivity index is 0.000000520. The first-order chi connectivity index (χ1) is 16.2. The Kier molecular flexibility index (Phi) is 9.91. The number of benzene rings is 1. The highest BCUT2D eigenvalue weighted by atomic mass is 16.5. The predicted molar refractivity (Wildman–Crippen MR) is 131 cm³/mol. The van der Waals surface area contributed by atoms with E-state index in [0.29, 0.717) is 29.9 Å². The van der Waals surface area contributed by atoms with Crippen LogP contribution in [-0.2, 0) is 16.1 Å². The zero-order valence-electron chi connectivity index (χ0n) is 20.7. The van der Waals surface area contributed by atoms with Gasteiger partial charge in [0, 0.05) is 13.6 Å². The van der Waals surface area contributed by atoms with Gasteiger partial charge in [0.2, 0.25) is 5.91 Å². The maximum atomic E-state index is 11.8. The maximum absolute atomic E-state index is 11.8. The summed E-state index contributed by atoms with van der Waals surface area (Å²) in [5, 5.41) is 22.1. The number of carbonyl (C=O) groups excluding carboxylic acids is 1. The second-order valence-electron chi connectivity index (χ2n) is 8.15. The molecule has 4 N–H and O–H groups in total. The van der Waals surface area contributed by atoms with E-state index in [0.717, 1.165) is 6.42 Å². The third kappa shape index (κ3) is 7.75. The summed E-state index contributed by atoms with van der Waals surface area (Å²) in [5.41, 5.74) is 3.78. The number of nitrogens with one attached hydrogen (secondary N) is 2. The summed E-state index contributed by atoms with van der Waals surface area (Å²) >= 11 is 0. The number of ether oxygens (including phenoxy) is 1. The van der Waals surface area contributed by atoms with Gasteiger partial charge in [0.1, 0.15) is 18.7 Å². The number of amides is 1. The summed E-state index contributed by atoms with van der Waals surface area (Å²) in [6, 6.07) is 8.32. The smallest absolute Gasteiger partial charge is 0.248 e. The van der Waals surface area contributed by atoms with Gasteiger partial charge in [0.05, 0.1) is 6.33 Å². The average molecular weight is 473 g/mol. The fraction of sp³-hybridized carbons (Fsp3) is 0.500. The number of likely N-dealkylation sites (N-methyl/N-ethyl adjacent to an activating group) is 1. The van der Waals surface area contributed by atoms with Crippen molar-refractivity contribution in [3.63, 3.8) is 0 Å². The van der Waals surface area contributed by atoms with E-state index in [4.69, 9.17) is 14.9 Å². The Morgan fingerprint density at radius 2 is 1.91 bits per heavy atom. The van der Waals surface area contributed by atoms with Crippen molar-refractivity contribution >= 4 is 22.9 Å². The lowest BCUT2D eigenvalue weighted by Gasteiger charge is -2.14. The van der Waals surface area contributed by atoms with Gasteiger partial charge in [-0.25, -0.2) is 15.0 Å². The summed E-state index contributed by atoms with van der Waals surface area (Å²) in [6.07, 6.45) is 3.95. The summed E-state index contributed by atoms with van der Waals surface area (Å²) in [4.78, 5) is 25.0. The molecule has 0 saturated carbocycles. The van der Waals surface area contributed by atoms with Crippen molar-refractivity contribution in [2.75, 3.05) is 12.4 Å². The van der Waals surface area contributed by atoms with E-state index in [1.165, 1.54) is 31.3 Å². The van der Waals surface area contributed by atoms with E-state index in [2.05, 4.69) is 50.7 Å². The number of rotatable bonds is 5. The van der Waals surface area contributed by atoms with E-state index in [1.807, 2.05) is 24.5 Å². The number of aryl methyl sites for hydroxylation is 1. The predicted octanol–water partition coefficient (Wildman–Crippen LogP) is 2.90. The molecule has 34 heavy (non-hydrogen) atoms. The lowest BCUT2D eigenvalue weighted by molar-refractivity contribution is -0.133. The third-order valence-corrected chi connectivity index (χ3v) is 4.75. The van der Waals surface area contributed by atoms with Crippen molar-refractivity contribution in [3.8, 4) is 0 Å². The molecule has 1 amide bonds. The van der Waals surface area contributed by atoms with Gasteiger partial charge < -0.3 is 25.6 Å². The van der Waals surface area contributed by atoms with Crippen LogP contribution in [0.15, 0.2) is 36.9 Å². The Morgan fingerprint density at radius 1 is 1.21 bits per heavy atom. The molecule has 2 aromatic heterocycles. The molecule has 1 saturated heterocycles. The number of imidazole rings is 1. The van der Waals surface area contributed by atoms with E-state index in [1.54, 1.807) is 13.4 Å². The Labute approximate surface area is 200 Å². The average Bonchev–Trinajstić information content (AvgIpc) is 3.45. The van der Waals surface area contributed by atoms with Crippen molar-refractivity contribution in [2.24, 2.45) is 0 Å². The highest BCUT2D eigenvalue weighted by molar-refractivity contribution is 5.83. The topological polar surface area (TPSA) is 134 Å². The zero-order valence-corrected chi connectivity index (χ0v) is 20.7. The van der Waals surface area contributed by atoms with Gasteiger partial charge in [-0.05, 0) is 39.2 Å². The molecule has 10 heteroatoms. The number of nitrogens with zero attached hydrogens (tertiary/aromatic N) is 4. The van der Waals surface area contributed by atoms with Crippen LogP contribution >= 0.6 is 0 Å². The molecule has 1 aliphatic heterocycles. The van der Waals surface area contributed by atoms with Crippen LogP contribution in [0.4, 0.5) is 5.82 Å². The summed E-state index contributed by atoms with van der Waals surface area (Å²) in [6.45, 7) is 9.32. The van der Waals surface area contributed by atoms with Gasteiger partial charge in [-0.2, -0.15) is 0 Å². The van der Waals surface area contributed by atoms with Crippen LogP contribution in [0.1, 0.15) is 57.9 Å². The largest absolute Gasteiger partial charge is 0.366 e. The second kappa shape index (κ2) is 12.4. The molecule has 0 aliphatic carbocycles. The van der Waals surface area contributed by atoms with Gasteiger partial charge in [0.15, 0.2) is 22.8 Å². The molecule has 10 nitrogen and oxygen atoms in total. The fourth-order valence-corrected chi connectivity index (χ4v) is 3.38. The summed E-state index contributed by atoms with van der Waals surface area (Å²) in [7, 11) is 1.62. The minimum Gasteiger partial charge on any atom is -0.366 e. The molecule has 1 aromatic carbocycles. The van der Waals surface area contributed by atoms with Crippen molar-refractivity contribution in [1.29, 1.82) is 0 Å².